The lowest BCUT2D eigenvalue weighted by molar-refractivity contribution is 0.683. The molecule has 0 amide bonds. The predicted molar refractivity (Wildman–Crippen MR) is 86.4 cm³/mol. The molecule has 0 atom stereocenters. The molecule has 0 unspecified atom stereocenters. The van der Waals surface area contributed by atoms with E-state index in [1.807, 2.05) is 17.9 Å². The summed E-state index contributed by atoms with van der Waals surface area (Å²) in [6.07, 6.45) is 4.59. The summed E-state index contributed by atoms with van der Waals surface area (Å²) >= 11 is 0. The average Bonchev–Trinajstić information content (AvgIpc) is 3.13. The molecular formula is C17H24N4. The van der Waals surface area contributed by atoms with Gasteiger partial charge >= 0.3 is 0 Å². The van der Waals surface area contributed by atoms with E-state index in [1.54, 1.807) is 0 Å². The van der Waals surface area contributed by atoms with Gasteiger partial charge in [0.1, 0.15) is 0 Å². The first-order valence-electron chi connectivity index (χ1n) is 7.77. The summed E-state index contributed by atoms with van der Waals surface area (Å²) in [6, 6.07) is 8.75. The Labute approximate surface area is 126 Å². The monoisotopic (exact) mass is 284 g/mol. The van der Waals surface area contributed by atoms with Gasteiger partial charge in [-0.05, 0) is 31.4 Å². The first-order chi connectivity index (χ1) is 10.3. The Hall–Kier alpha value is -1.81. The van der Waals surface area contributed by atoms with Crippen molar-refractivity contribution >= 4 is 5.69 Å². The average molecular weight is 284 g/mol. The fourth-order valence-electron chi connectivity index (χ4n) is 2.98. The molecular weight excluding hydrogens is 260 g/mol. The molecule has 1 N–H and O–H groups in total. The maximum absolute atomic E-state index is 4.29. The van der Waals surface area contributed by atoms with Gasteiger partial charge in [0.05, 0.1) is 6.20 Å². The van der Waals surface area contributed by atoms with Crippen LogP contribution >= 0.6 is 0 Å². The SMILES string of the molecule is Cc1c(CNCc2ccccc2N2CCCC2)cnn1C. The Morgan fingerprint density at radius 2 is 1.81 bits per heavy atom. The highest BCUT2D eigenvalue weighted by atomic mass is 15.3. The Balaban J connectivity index is 1.64. The summed E-state index contributed by atoms with van der Waals surface area (Å²) < 4.78 is 1.93. The maximum atomic E-state index is 4.29. The second kappa shape index (κ2) is 6.31. The molecule has 4 heteroatoms. The zero-order chi connectivity index (χ0) is 14.7. The van der Waals surface area contributed by atoms with Gasteiger partial charge < -0.3 is 10.2 Å². The summed E-state index contributed by atoms with van der Waals surface area (Å²) in [5.41, 5.74) is 5.29. The van der Waals surface area contributed by atoms with Crippen molar-refractivity contribution in [3.05, 3.63) is 47.3 Å². The number of hydrogen-bond acceptors (Lipinski definition) is 3. The molecule has 4 nitrogen and oxygen atoms in total. The van der Waals surface area contributed by atoms with Crippen molar-refractivity contribution in [2.45, 2.75) is 32.9 Å². The molecule has 112 valence electrons. The zero-order valence-corrected chi connectivity index (χ0v) is 13.0. The van der Waals surface area contributed by atoms with Crippen LogP contribution in [0.4, 0.5) is 5.69 Å². The summed E-state index contributed by atoms with van der Waals surface area (Å²) in [4.78, 5) is 2.51. The molecule has 2 aromatic rings. The molecule has 0 spiro atoms. The van der Waals surface area contributed by atoms with Crippen LogP contribution in [0, 0.1) is 6.92 Å². The van der Waals surface area contributed by atoms with Crippen molar-refractivity contribution in [1.82, 2.24) is 15.1 Å². The molecule has 0 radical (unpaired) electrons. The Kier molecular flexibility index (Phi) is 4.25. The molecule has 0 bridgehead atoms. The number of nitrogens with zero attached hydrogens (tertiary/aromatic N) is 3. The number of nitrogens with one attached hydrogen (secondary N) is 1. The van der Waals surface area contributed by atoms with Gasteiger partial charge in [-0.1, -0.05) is 18.2 Å². The molecule has 1 aromatic carbocycles. The lowest BCUT2D eigenvalue weighted by Gasteiger charge is -2.21. The van der Waals surface area contributed by atoms with Crippen LogP contribution in [0.2, 0.25) is 0 Å². The fraction of sp³-hybridized carbons (Fsp3) is 0.471. The van der Waals surface area contributed by atoms with Crippen LogP contribution in [0.5, 0.6) is 0 Å². The lowest BCUT2D eigenvalue weighted by Crippen LogP contribution is -2.21. The minimum absolute atomic E-state index is 0.869. The van der Waals surface area contributed by atoms with E-state index >= 15 is 0 Å². The molecule has 2 heterocycles. The van der Waals surface area contributed by atoms with Gasteiger partial charge in [-0.3, -0.25) is 4.68 Å². The van der Waals surface area contributed by atoms with Crippen LogP contribution in [0.25, 0.3) is 0 Å². The number of para-hydroxylation sites is 1. The molecule has 1 fully saturated rings. The van der Waals surface area contributed by atoms with Crippen molar-refractivity contribution in [3.63, 3.8) is 0 Å². The first kappa shape index (κ1) is 14.1. The van der Waals surface area contributed by atoms with Crippen LogP contribution in [0.3, 0.4) is 0 Å². The number of benzene rings is 1. The molecule has 3 rings (SSSR count). The van der Waals surface area contributed by atoms with E-state index < -0.39 is 0 Å². The van der Waals surface area contributed by atoms with E-state index in [2.05, 4.69) is 46.5 Å². The maximum Gasteiger partial charge on any atom is 0.0537 e. The van der Waals surface area contributed by atoms with E-state index in [1.165, 1.54) is 48.4 Å². The van der Waals surface area contributed by atoms with E-state index in [9.17, 15) is 0 Å². The van der Waals surface area contributed by atoms with Gasteiger partial charge in [-0.2, -0.15) is 5.10 Å². The zero-order valence-electron chi connectivity index (χ0n) is 13.0. The quantitative estimate of drug-likeness (QED) is 0.916. The highest BCUT2D eigenvalue weighted by molar-refractivity contribution is 5.54. The van der Waals surface area contributed by atoms with Gasteiger partial charge in [-0.15, -0.1) is 0 Å². The number of aryl methyl sites for hydroxylation is 1. The van der Waals surface area contributed by atoms with Crippen LogP contribution < -0.4 is 10.2 Å². The number of rotatable bonds is 5. The third kappa shape index (κ3) is 3.10. The molecule has 1 saturated heterocycles. The van der Waals surface area contributed by atoms with Gasteiger partial charge in [0, 0.05) is 50.2 Å². The highest BCUT2D eigenvalue weighted by Crippen LogP contribution is 2.24. The van der Waals surface area contributed by atoms with Crippen molar-refractivity contribution in [1.29, 1.82) is 0 Å². The van der Waals surface area contributed by atoms with Gasteiger partial charge in [0.25, 0.3) is 0 Å². The number of anilines is 1. The fourth-order valence-corrected chi connectivity index (χ4v) is 2.98. The predicted octanol–water partition coefficient (Wildman–Crippen LogP) is 2.62. The van der Waals surface area contributed by atoms with Gasteiger partial charge in [0.15, 0.2) is 0 Å². The second-order valence-electron chi connectivity index (χ2n) is 5.81. The van der Waals surface area contributed by atoms with E-state index in [0.717, 1.165) is 13.1 Å². The van der Waals surface area contributed by atoms with E-state index in [4.69, 9.17) is 0 Å². The normalized spacial score (nSPS) is 14.9. The lowest BCUT2D eigenvalue weighted by atomic mass is 10.1. The van der Waals surface area contributed by atoms with Crippen LogP contribution in [-0.4, -0.2) is 22.9 Å². The molecule has 1 aliphatic heterocycles. The standard InChI is InChI=1S/C17H24N4/c1-14-16(13-19-20(14)2)12-18-11-15-7-3-4-8-17(15)21-9-5-6-10-21/h3-4,7-8,13,18H,5-6,9-12H2,1-2H3. The minimum atomic E-state index is 0.869. The largest absolute Gasteiger partial charge is 0.371 e. The van der Waals surface area contributed by atoms with Crippen molar-refractivity contribution < 1.29 is 0 Å². The molecule has 1 aliphatic rings. The molecule has 0 saturated carbocycles. The van der Waals surface area contributed by atoms with Crippen molar-refractivity contribution in [2.24, 2.45) is 7.05 Å². The van der Waals surface area contributed by atoms with Crippen molar-refractivity contribution in [2.75, 3.05) is 18.0 Å². The van der Waals surface area contributed by atoms with Gasteiger partial charge in [-0.25, -0.2) is 0 Å². The summed E-state index contributed by atoms with van der Waals surface area (Å²) in [7, 11) is 1.99. The van der Waals surface area contributed by atoms with Gasteiger partial charge in [0.2, 0.25) is 0 Å². The Morgan fingerprint density at radius 1 is 1.10 bits per heavy atom. The summed E-state index contributed by atoms with van der Waals surface area (Å²) in [6.45, 7) is 6.27. The summed E-state index contributed by atoms with van der Waals surface area (Å²) in [5.74, 6) is 0. The topological polar surface area (TPSA) is 33.1 Å². The second-order valence-corrected chi connectivity index (χ2v) is 5.81. The summed E-state index contributed by atoms with van der Waals surface area (Å²) in [5, 5.41) is 7.85. The Morgan fingerprint density at radius 3 is 2.52 bits per heavy atom. The molecule has 0 aliphatic carbocycles. The van der Waals surface area contributed by atoms with Crippen LogP contribution in [-0.2, 0) is 20.1 Å². The first-order valence-corrected chi connectivity index (χ1v) is 7.77. The highest BCUT2D eigenvalue weighted by Gasteiger charge is 2.15. The Bertz CT molecular complexity index is 597. The number of hydrogen-bond donors (Lipinski definition) is 1. The third-order valence-electron chi connectivity index (χ3n) is 4.41. The van der Waals surface area contributed by atoms with E-state index in [-0.39, 0.29) is 0 Å². The molecule has 21 heavy (non-hydrogen) atoms. The third-order valence-corrected chi connectivity index (χ3v) is 4.41. The van der Waals surface area contributed by atoms with Crippen LogP contribution in [0.15, 0.2) is 30.5 Å². The molecule has 1 aromatic heterocycles. The number of aromatic nitrogens is 2. The smallest absolute Gasteiger partial charge is 0.0537 e. The minimum Gasteiger partial charge on any atom is -0.371 e. The van der Waals surface area contributed by atoms with Crippen LogP contribution in [0.1, 0.15) is 29.7 Å². The van der Waals surface area contributed by atoms with Crippen molar-refractivity contribution in [3.8, 4) is 0 Å². The van der Waals surface area contributed by atoms with E-state index in [0.29, 0.717) is 0 Å².